The summed E-state index contributed by atoms with van der Waals surface area (Å²) in [6.07, 6.45) is 3.25. The van der Waals surface area contributed by atoms with Gasteiger partial charge in [-0.05, 0) is 19.8 Å². The molecule has 0 bridgehead atoms. The number of ether oxygens (including phenoxy) is 1. The maximum atomic E-state index is 6.07. The zero-order chi connectivity index (χ0) is 7.61. The number of hydrogen-bond donors (Lipinski definition) is 0. The third-order valence-electron chi connectivity index (χ3n) is 2.21. The Morgan fingerprint density at radius 1 is 1.70 bits per heavy atom. The predicted octanol–water partition coefficient (Wildman–Crippen LogP) is 2.57. The van der Waals surface area contributed by atoms with Crippen LogP contribution in [0.15, 0.2) is 0 Å². The predicted molar refractivity (Wildman–Crippen MR) is 43.5 cm³/mol. The molecule has 0 aromatic rings. The zero-order valence-electron chi connectivity index (χ0n) is 6.69. The average molecular weight is 163 g/mol. The third-order valence-corrected chi connectivity index (χ3v) is 2.89. The Bertz CT molecular complexity index is 116. The summed E-state index contributed by atoms with van der Waals surface area (Å²) in [6, 6.07) is 0. The SMILES string of the molecule is CCCC1(C)OCCC1Cl. The molecule has 1 fully saturated rings. The summed E-state index contributed by atoms with van der Waals surface area (Å²) in [5.74, 6) is 0. The molecule has 0 aromatic carbocycles. The van der Waals surface area contributed by atoms with E-state index in [0.29, 0.717) is 0 Å². The van der Waals surface area contributed by atoms with Crippen molar-refractivity contribution in [1.82, 2.24) is 0 Å². The summed E-state index contributed by atoms with van der Waals surface area (Å²) in [4.78, 5) is 0. The second-order valence-electron chi connectivity index (χ2n) is 3.17. The van der Waals surface area contributed by atoms with Gasteiger partial charge < -0.3 is 4.74 Å². The molecule has 0 aromatic heterocycles. The number of rotatable bonds is 2. The molecule has 2 unspecified atom stereocenters. The fraction of sp³-hybridized carbons (Fsp3) is 1.00. The molecule has 10 heavy (non-hydrogen) atoms. The molecule has 0 radical (unpaired) electrons. The highest BCUT2D eigenvalue weighted by molar-refractivity contribution is 6.21. The Hall–Kier alpha value is 0.250. The van der Waals surface area contributed by atoms with Gasteiger partial charge in [-0.3, -0.25) is 0 Å². The second-order valence-corrected chi connectivity index (χ2v) is 3.69. The van der Waals surface area contributed by atoms with E-state index in [4.69, 9.17) is 16.3 Å². The first-order chi connectivity index (χ1) is 4.69. The van der Waals surface area contributed by atoms with Crippen molar-refractivity contribution in [1.29, 1.82) is 0 Å². The van der Waals surface area contributed by atoms with Gasteiger partial charge in [0.1, 0.15) is 0 Å². The van der Waals surface area contributed by atoms with Gasteiger partial charge >= 0.3 is 0 Å². The molecule has 1 rings (SSSR count). The summed E-state index contributed by atoms with van der Waals surface area (Å²) in [5, 5.41) is 0.229. The van der Waals surface area contributed by atoms with Crippen LogP contribution in [0, 0.1) is 0 Å². The molecule has 0 aliphatic carbocycles. The topological polar surface area (TPSA) is 9.23 Å². The highest BCUT2D eigenvalue weighted by Crippen LogP contribution is 2.33. The molecule has 60 valence electrons. The van der Waals surface area contributed by atoms with Crippen LogP contribution in [0.4, 0.5) is 0 Å². The van der Waals surface area contributed by atoms with Gasteiger partial charge in [-0.15, -0.1) is 11.6 Å². The molecule has 0 N–H and O–H groups in total. The molecule has 2 heteroatoms. The maximum absolute atomic E-state index is 6.07. The van der Waals surface area contributed by atoms with Crippen LogP contribution in [-0.2, 0) is 4.74 Å². The van der Waals surface area contributed by atoms with E-state index in [1.54, 1.807) is 0 Å². The van der Waals surface area contributed by atoms with Gasteiger partial charge in [0.15, 0.2) is 0 Å². The van der Waals surface area contributed by atoms with Gasteiger partial charge in [0.05, 0.1) is 11.0 Å². The van der Waals surface area contributed by atoms with Crippen LogP contribution < -0.4 is 0 Å². The van der Waals surface area contributed by atoms with E-state index in [1.807, 2.05) is 0 Å². The molecular weight excluding hydrogens is 148 g/mol. The van der Waals surface area contributed by atoms with Gasteiger partial charge in [0.25, 0.3) is 0 Å². The first-order valence-corrected chi connectivity index (χ1v) is 4.41. The van der Waals surface area contributed by atoms with E-state index in [0.717, 1.165) is 25.9 Å². The lowest BCUT2D eigenvalue weighted by Crippen LogP contribution is -2.31. The van der Waals surface area contributed by atoms with Gasteiger partial charge in [-0.1, -0.05) is 13.3 Å². The van der Waals surface area contributed by atoms with Gasteiger partial charge in [-0.2, -0.15) is 0 Å². The molecule has 1 aliphatic rings. The molecule has 1 saturated heterocycles. The van der Waals surface area contributed by atoms with E-state index >= 15 is 0 Å². The van der Waals surface area contributed by atoms with Crippen LogP contribution in [0.2, 0.25) is 0 Å². The summed E-state index contributed by atoms with van der Waals surface area (Å²) < 4.78 is 5.56. The average Bonchev–Trinajstić information content (AvgIpc) is 2.15. The van der Waals surface area contributed by atoms with Gasteiger partial charge in [0, 0.05) is 6.61 Å². The molecular formula is C8H15ClO. The molecule has 0 amide bonds. The van der Waals surface area contributed by atoms with Crippen molar-refractivity contribution in [2.45, 2.75) is 44.1 Å². The van der Waals surface area contributed by atoms with Crippen molar-refractivity contribution in [2.24, 2.45) is 0 Å². The minimum absolute atomic E-state index is 0.0314. The van der Waals surface area contributed by atoms with Crippen LogP contribution in [0.3, 0.4) is 0 Å². The quantitative estimate of drug-likeness (QED) is 0.568. The highest BCUT2D eigenvalue weighted by Gasteiger charge is 2.37. The molecule has 1 heterocycles. The lowest BCUT2D eigenvalue weighted by Gasteiger charge is -2.25. The smallest absolute Gasteiger partial charge is 0.0818 e. The van der Waals surface area contributed by atoms with Crippen LogP contribution in [-0.4, -0.2) is 17.6 Å². The van der Waals surface area contributed by atoms with Crippen LogP contribution >= 0.6 is 11.6 Å². The molecule has 0 spiro atoms. The third kappa shape index (κ3) is 1.46. The van der Waals surface area contributed by atoms with Crippen molar-refractivity contribution in [3.05, 3.63) is 0 Å². The lowest BCUT2D eigenvalue weighted by atomic mass is 9.97. The Kier molecular flexibility index (Phi) is 2.59. The summed E-state index contributed by atoms with van der Waals surface area (Å²) in [5.41, 5.74) is -0.0314. The molecule has 2 atom stereocenters. The zero-order valence-corrected chi connectivity index (χ0v) is 7.45. The Morgan fingerprint density at radius 3 is 2.80 bits per heavy atom. The van der Waals surface area contributed by atoms with Crippen molar-refractivity contribution in [3.63, 3.8) is 0 Å². The van der Waals surface area contributed by atoms with E-state index in [1.165, 1.54) is 0 Å². The molecule has 0 saturated carbocycles. The van der Waals surface area contributed by atoms with Crippen LogP contribution in [0.25, 0.3) is 0 Å². The standard InChI is InChI=1S/C8H15ClO/c1-3-5-8(2)7(9)4-6-10-8/h7H,3-6H2,1-2H3. The van der Waals surface area contributed by atoms with E-state index in [-0.39, 0.29) is 11.0 Å². The summed E-state index contributed by atoms with van der Waals surface area (Å²) in [7, 11) is 0. The van der Waals surface area contributed by atoms with E-state index in [2.05, 4.69) is 13.8 Å². The van der Waals surface area contributed by atoms with E-state index < -0.39 is 0 Å². The van der Waals surface area contributed by atoms with Crippen molar-refractivity contribution < 1.29 is 4.74 Å². The van der Waals surface area contributed by atoms with Crippen LogP contribution in [0.1, 0.15) is 33.1 Å². The van der Waals surface area contributed by atoms with Crippen molar-refractivity contribution >= 4 is 11.6 Å². The first-order valence-electron chi connectivity index (χ1n) is 3.97. The Balaban J connectivity index is 2.48. The first kappa shape index (κ1) is 8.35. The summed E-state index contributed by atoms with van der Waals surface area (Å²) in [6.45, 7) is 5.11. The number of halogens is 1. The molecule has 1 nitrogen and oxygen atoms in total. The van der Waals surface area contributed by atoms with Crippen LogP contribution in [0.5, 0.6) is 0 Å². The lowest BCUT2D eigenvalue weighted by molar-refractivity contribution is 0.0147. The molecule has 1 aliphatic heterocycles. The minimum Gasteiger partial charge on any atom is -0.374 e. The normalized spacial score (nSPS) is 40.5. The number of alkyl halides is 1. The summed E-state index contributed by atoms with van der Waals surface area (Å²) >= 11 is 6.07. The van der Waals surface area contributed by atoms with Gasteiger partial charge in [0.2, 0.25) is 0 Å². The van der Waals surface area contributed by atoms with E-state index in [9.17, 15) is 0 Å². The van der Waals surface area contributed by atoms with Gasteiger partial charge in [-0.25, -0.2) is 0 Å². The highest BCUT2D eigenvalue weighted by atomic mass is 35.5. The second kappa shape index (κ2) is 3.10. The Labute approximate surface area is 67.7 Å². The number of hydrogen-bond acceptors (Lipinski definition) is 1. The maximum Gasteiger partial charge on any atom is 0.0818 e. The van der Waals surface area contributed by atoms with Crippen molar-refractivity contribution in [2.75, 3.05) is 6.61 Å². The fourth-order valence-corrected chi connectivity index (χ4v) is 1.78. The Morgan fingerprint density at radius 2 is 2.40 bits per heavy atom. The minimum atomic E-state index is -0.0314. The monoisotopic (exact) mass is 162 g/mol. The van der Waals surface area contributed by atoms with Crippen molar-refractivity contribution in [3.8, 4) is 0 Å². The fourth-order valence-electron chi connectivity index (χ4n) is 1.52. The largest absolute Gasteiger partial charge is 0.374 e.